The summed E-state index contributed by atoms with van der Waals surface area (Å²) in [5.41, 5.74) is 5.52. The number of likely N-dealkylation sites (N-methyl/N-ethyl adjacent to an activating group) is 2. The van der Waals surface area contributed by atoms with Gasteiger partial charge in [-0.05, 0) is 32.0 Å². The van der Waals surface area contributed by atoms with Crippen LogP contribution in [0.1, 0.15) is 19.8 Å². The molecule has 0 aromatic carbocycles. The summed E-state index contributed by atoms with van der Waals surface area (Å²) in [6.07, 6.45) is 3.38. The molecule has 0 amide bonds. The van der Waals surface area contributed by atoms with E-state index in [4.69, 9.17) is 17.3 Å². The summed E-state index contributed by atoms with van der Waals surface area (Å²) in [6, 6.07) is 1.62. The number of sulfonamides is 1. The minimum Gasteiger partial charge on any atom is -0.382 e. The summed E-state index contributed by atoms with van der Waals surface area (Å²) in [6.45, 7) is 4.53. The van der Waals surface area contributed by atoms with Crippen molar-refractivity contribution in [1.82, 2.24) is 14.2 Å². The van der Waals surface area contributed by atoms with E-state index in [1.165, 1.54) is 16.6 Å². The topological polar surface area (TPSA) is 79.5 Å². The van der Waals surface area contributed by atoms with Gasteiger partial charge in [0, 0.05) is 25.8 Å². The van der Waals surface area contributed by atoms with E-state index in [2.05, 4.69) is 16.8 Å². The third-order valence-corrected chi connectivity index (χ3v) is 6.02. The van der Waals surface area contributed by atoms with Crippen LogP contribution in [0.5, 0.6) is 0 Å². The first-order valence-corrected chi connectivity index (χ1v) is 8.79. The number of likely N-dealkylation sites (tertiary alicyclic amines) is 1. The van der Waals surface area contributed by atoms with Crippen LogP contribution in [0.2, 0.25) is 5.02 Å². The van der Waals surface area contributed by atoms with Crippen molar-refractivity contribution in [3.8, 4) is 0 Å². The van der Waals surface area contributed by atoms with Gasteiger partial charge in [-0.2, -0.15) is 4.31 Å². The van der Waals surface area contributed by atoms with Crippen molar-refractivity contribution in [2.24, 2.45) is 0 Å². The molecule has 1 saturated heterocycles. The molecule has 2 N–H and O–H groups in total. The SMILES string of the molecule is CCN1CCCC1CN(C)S(=O)(=O)c1cnc(N)c(Cl)c1. The van der Waals surface area contributed by atoms with Crippen molar-refractivity contribution < 1.29 is 8.42 Å². The van der Waals surface area contributed by atoms with E-state index in [0.717, 1.165) is 25.9 Å². The minimum absolute atomic E-state index is 0.0743. The lowest BCUT2D eigenvalue weighted by molar-refractivity contribution is 0.237. The van der Waals surface area contributed by atoms with Crippen LogP contribution < -0.4 is 5.73 Å². The van der Waals surface area contributed by atoms with Crippen LogP contribution in [-0.4, -0.2) is 55.3 Å². The molecule has 1 unspecified atom stereocenters. The van der Waals surface area contributed by atoms with Crippen LogP contribution in [0.3, 0.4) is 0 Å². The third kappa shape index (κ3) is 3.48. The van der Waals surface area contributed by atoms with Crippen LogP contribution in [0.4, 0.5) is 5.82 Å². The van der Waals surface area contributed by atoms with Gasteiger partial charge in [-0.15, -0.1) is 0 Å². The number of halogens is 1. The van der Waals surface area contributed by atoms with Crippen molar-refractivity contribution in [3.05, 3.63) is 17.3 Å². The molecule has 0 spiro atoms. The Morgan fingerprint density at radius 2 is 2.29 bits per heavy atom. The molecule has 1 aromatic rings. The van der Waals surface area contributed by atoms with Gasteiger partial charge in [0.15, 0.2) is 0 Å². The third-order valence-electron chi connectivity index (χ3n) is 3.93. The number of pyridine rings is 1. The van der Waals surface area contributed by atoms with E-state index >= 15 is 0 Å². The highest BCUT2D eigenvalue weighted by atomic mass is 35.5. The largest absolute Gasteiger partial charge is 0.382 e. The fraction of sp³-hybridized carbons (Fsp3) is 0.615. The molecule has 1 fully saturated rings. The Bertz CT molecular complexity index is 608. The number of hydrogen-bond donors (Lipinski definition) is 1. The predicted molar refractivity (Wildman–Crippen MR) is 83.7 cm³/mol. The maximum Gasteiger partial charge on any atom is 0.244 e. The molecule has 2 rings (SSSR count). The molecule has 0 aliphatic carbocycles. The molecule has 6 nitrogen and oxygen atoms in total. The summed E-state index contributed by atoms with van der Waals surface area (Å²) in [5.74, 6) is 0.131. The van der Waals surface area contributed by atoms with E-state index in [0.29, 0.717) is 6.54 Å². The fourth-order valence-electron chi connectivity index (χ4n) is 2.67. The van der Waals surface area contributed by atoms with Gasteiger partial charge in [-0.25, -0.2) is 13.4 Å². The van der Waals surface area contributed by atoms with Gasteiger partial charge in [-0.1, -0.05) is 18.5 Å². The maximum atomic E-state index is 12.5. The predicted octanol–water partition coefficient (Wildman–Crippen LogP) is 1.42. The average Bonchev–Trinajstić information content (AvgIpc) is 2.88. The first kappa shape index (κ1) is 16.5. The number of nitrogens with two attached hydrogens (primary N) is 1. The smallest absolute Gasteiger partial charge is 0.244 e. The van der Waals surface area contributed by atoms with Crippen LogP contribution in [-0.2, 0) is 10.0 Å². The Balaban J connectivity index is 2.16. The van der Waals surface area contributed by atoms with Gasteiger partial charge in [0.25, 0.3) is 0 Å². The van der Waals surface area contributed by atoms with Gasteiger partial charge >= 0.3 is 0 Å². The van der Waals surface area contributed by atoms with Gasteiger partial charge in [0.2, 0.25) is 10.0 Å². The molecule has 0 bridgehead atoms. The summed E-state index contributed by atoms with van der Waals surface area (Å²) < 4.78 is 26.5. The Labute approximate surface area is 130 Å². The van der Waals surface area contributed by atoms with Gasteiger partial charge in [0.05, 0.1) is 5.02 Å². The average molecular weight is 333 g/mol. The molecule has 1 aliphatic heterocycles. The minimum atomic E-state index is -3.59. The van der Waals surface area contributed by atoms with Crippen LogP contribution in [0.25, 0.3) is 0 Å². The molecule has 1 atom stereocenters. The molecule has 118 valence electrons. The zero-order valence-corrected chi connectivity index (χ0v) is 13.9. The summed E-state index contributed by atoms with van der Waals surface area (Å²) >= 11 is 5.86. The highest BCUT2D eigenvalue weighted by Gasteiger charge is 2.29. The highest BCUT2D eigenvalue weighted by molar-refractivity contribution is 7.89. The summed E-state index contributed by atoms with van der Waals surface area (Å²) in [7, 11) is -2.00. The molecule has 8 heteroatoms. The van der Waals surface area contributed by atoms with Crippen LogP contribution in [0, 0.1) is 0 Å². The molecule has 21 heavy (non-hydrogen) atoms. The first-order chi connectivity index (χ1) is 9.86. The molecule has 0 radical (unpaired) electrons. The quantitative estimate of drug-likeness (QED) is 0.882. The number of anilines is 1. The molecule has 1 aliphatic rings. The first-order valence-electron chi connectivity index (χ1n) is 6.97. The van der Waals surface area contributed by atoms with Crippen molar-refractivity contribution in [3.63, 3.8) is 0 Å². The van der Waals surface area contributed by atoms with E-state index in [1.54, 1.807) is 7.05 Å². The zero-order chi connectivity index (χ0) is 15.6. The van der Waals surface area contributed by atoms with E-state index in [1.807, 2.05) is 0 Å². The van der Waals surface area contributed by atoms with Crippen molar-refractivity contribution in [2.45, 2.75) is 30.7 Å². The molecular weight excluding hydrogens is 312 g/mol. The van der Waals surface area contributed by atoms with Gasteiger partial charge in [0.1, 0.15) is 10.7 Å². The lowest BCUT2D eigenvalue weighted by Crippen LogP contribution is -2.41. The second-order valence-electron chi connectivity index (χ2n) is 5.25. The lowest BCUT2D eigenvalue weighted by Gasteiger charge is -2.27. The van der Waals surface area contributed by atoms with Crippen molar-refractivity contribution in [1.29, 1.82) is 0 Å². The number of aromatic nitrogens is 1. The van der Waals surface area contributed by atoms with E-state index in [9.17, 15) is 8.42 Å². The van der Waals surface area contributed by atoms with Crippen molar-refractivity contribution in [2.75, 3.05) is 32.4 Å². The van der Waals surface area contributed by atoms with Crippen LogP contribution in [0.15, 0.2) is 17.2 Å². The maximum absolute atomic E-state index is 12.5. The fourth-order valence-corrected chi connectivity index (χ4v) is 4.08. The van der Waals surface area contributed by atoms with E-state index < -0.39 is 10.0 Å². The molecule has 1 aromatic heterocycles. The van der Waals surface area contributed by atoms with Crippen LogP contribution >= 0.6 is 11.6 Å². The van der Waals surface area contributed by atoms with Gasteiger partial charge < -0.3 is 5.73 Å². The number of nitrogen functional groups attached to an aromatic ring is 1. The Morgan fingerprint density at radius 3 is 2.90 bits per heavy atom. The monoisotopic (exact) mass is 332 g/mol. The van der Waals surface area contributed by atoms with Crippen molar-refractivity contribution >= 4 is 27.4 Å². The number of rotatable bonds is 5. The van der Waals surface area contributed by atoms with E-state index in [-0.39, 0.29) is 21.8 Å². The lowest BCUT2D eigenvalue weighted by atomic mass is 10.2. The second-order valence-corrected chi connectivity index (χ2v) is 7.70. The normalized spacial score (nSPS) is 20.3. The van der Waals surface area contributed by atoms with Gasteiger partial charge in [-0.3, -0.25) is 4.90 Å². The number of hydrogen-bond acceptors (Lipinski definition) is 5. The summed E-state index contributed by atoms with van der Waals surface area (Å²) in [4.78, 5) is 6.20. The Hall–Kier alpha value is -0.890. The molecular formula is C13H21ClN4O2S. The highest BCUT2D eigenvalue weighted by Crippen LogP contribution is 2.24. The standard InChI is InChI=1S/C13H21ClN4O2S/c1-3-18-6-4-5-10(18)9-17(2)21(19,20)11-7-12(14)13(15)16-8-11/h7-8,10H,3-6,9H2,1-2H3,(H2,15,16). The Morgan fingerprint density at radius 1 is 1.57 bits per heavy atom. The molecule has 0 saturated carbocycles. The Kier molecular flexibility index (Phi) is 5.08. The summed E-state index contributed by atoms with van der Waals surface area (Å²) in [5, 5.41) is 0.153. The number of nitrogens with zero attached hydrogens (tertiary/aromatic N) is 3. The second kappa shape index (κ2) is 6.48. The molecule has 2 heterocycles. The zero-order valence-electron chi connectivity index (χ0n) is 12.3.